The van der Waals surface area contributed by atoms with Crippen molar-refractivity contribution in [3.63, 3.8) is 0 Å². The number of rotatable bonds is 6. The summed E-state index contributed by atoms with van der Waals surface area (Å²) in [6.07, 6.45) is 1.42. The second-order valence-corrected chi connectivity index (χ2v) is 9.87. The highest BCUT2D eigenvalue weighted by atomic mass is 16.5. The average molecular weight is 533 g/mol. The zero-order chi connectivity index (χ0) is 27.5. The minimum Gasteiger partial charge on any atom is -0.379 e. The number of hydrogen-bond donors (Lipinski definition) is 1. The fourth-order valence-corrected chi connectivity index (χ4v) is 5.14. The van der Waals surface area contributed by atoms with E-state index in [9.17, 15) is 9.59 Å². The maximum absolute atomic E-state index is 13.5. The summed E-state index contributed by atoms with van der Waals surface area (Å²) >= 11 is 0. The van der Waals surface area contributed by atoms with Crippen molar-refractivity contribution in [2.45, 2.75) is 13.1 Å². The van der Waals surface area contributed by atoms with E-state index in [2.05, 4.69) is 45.7 Å². The summed E-state index contributed by atoms with van der Waals surface area (Å²) in [7, 11) is 0. The second kappa shape index (κ2) is 11.1. The Labute approximate surface area is 232 Å². The minimum absolute atomic E-state index is 0.200. The second-order valence-electron chi connectivity index (χ2n) is 9.87. The predicted molar refractivity (Wildman–Crippen MR) is 151 cm³/mol. The monoisotopic (exact) mass is 532 g/mol. The van der Waals surface area contributed by atoms with Gasteiger partial charge in [0.1, 0.15) is 5.69 Å². The van der Waals surface area contributed by atoms with Crippen LogP contribution in [0.15, 0.2) is 79.0 Å². The number of nitrogens with zero attached hydrogens (tertiary/aromatic N) is 5. The van der Waals surface area contributed by atoms with Gasteiger partial charge < -0.3 is 15.0 Å². The van der Waals surface area contributed by atoms with E-state index in [4.69, 9.17) is 10.00 Å². The predicted octanol–water partition coefficient (Wildman–Crippen LogP) is 4.17. The van der Waals surface area contributed by atoms with Crippen LogP contribution in [0.2, 0.25) is 0 Å². The molecule has 0 radical (unpaired) electrons. The molecule has 0 saturated carbocycles. The first-order valence-electron chi connectivity index (χ1n) is 13.3. The topological polar surface area (TPSA) is 103 Å². The fourth-order valence-electron chi connectivity index (χ4n) is 5.14. The van der Waals surface area contributed by atoms with Crippen molar-refractivity contribution >= 4 is 23.2 Å². The first-order valence-corrected chi connectivity index (χ1v) is 13.3. The largest absolute Gasteiger partial charge is 0.379 e. The van der Waals surface area contributed by atoms with Crippen molar-refractivity contribution in [3.8, 4) is 17.2 Å². The molecule has 0 bridgehead atoms. The zero-order valence-electron chi connectivity index (χ0n) is 21.9. The summed E-state index contributed by atoms with van der Waals surface area (Å²) in [4.78, 5) is 30.7. The van der Waals surface area contributed by atoms with Crippen LogP contribution in [-0.4, -0.2) is 59.3 Å². The van der Waals surface area contributed by atoms with Crippen LogP contribution in [-0.2, 0) is 17.8 Å². The number of ether oxygens (including phenoxy) is 1. The van der Waals surface area contributed by atoms with E-state index in [1.165, 1.54) is 11.8 Å². The Hall–Kier alpha value is -4.78. The summed E-state index contributed by atoms with van der Waals surface area (Å²) in [5.74, 6) is -0.723. The number of benzene rings is 3. The molecule has 9 nitrogen and oxygen atoms in total. The Kier molecular flexibility index (Phi) is 7.10. The molecule has 3 aromatic carbocycles. The lowest BCUT2D eigenvalue weighted by Gasteiger charge is -2.28. The average Bonchev–Trinajstić information content (AvgIpc) is 3.44. The lowest BCUT2D eigenvalue weighted by molar-refractivity contribution is 0.0342. The van der Waals surface area contributed by atoms with Gasteiger partial charge >= 0.3 is 0 Å². The summed E-state index contributed by atoms with van der Waals surface area (Å²) in [5.41, 5.74) is 5.58. The van der Waals surface area contributed by atoms with E-state index in [1.54, 1.807) is 33.8 Å². The number of morpholine rings is 1. The van der Waals surface area contributed by atoms with Crippen LogP contribution in [0.3, 0.4) is 0 Å². The third-order valence-corrected chi connectivity index (χ3v) is 7.29. The molecular weight excluding hydrogens is 504 g/mol. The summed E-state index contributed by atoms with van der Waals surface area (Å²) in [6, 6.07) is 25.2. The molecule has 0 aliphatic carbocycles. The zero-order valence-corrected chi connectivity index (χ0v) is 21.9. The molecule has 2 aliphatic rings. The molecule has 9 heteroatoms. The van der Waals surface area contributed by atoms with Gasteiger partial charge in [0.25, 0.3) is 11.8 Å². The minimum atomic E-state index is -0.445. The highest BCUT2D eigenvalue weighted by Crippen LogP contribution is 2.27. The molecule has 2 aliphatic heterocycles. The molecule has 1 saturated heterocycles. The van der Waals surface area contributed by atoms with Gasteiger partial charge in [-0.25, -0.2) is 0 Å². The van der Waals surface area contributed by atoms with Crippen molar-refractivity contribution in [1.82, 2.24) is 14.7 Å². The van der Waals surface area contributed by atoms with E-state index >= 15 is 0 Å². The van der Waals surface area contributed by atoms with E-state index < -0.39 is 5.91 Å². The molecule has 0 atom stereocenters. The molecule has 0 unspecified atom stereocenters. The van der Waals surface area contributed by atoms with Crippen LogP contribution < -0.4 is 10.2 Å². The van der Waals surface area contributed by atoms with Crippen LogP contribution in [0.4, 0.5) is 11.4 Å². The van der Waals surface area contributed by atoms with Crippen molar-refractivity contribution in [3.05, 3.63) is 101 Å². The van der Waals surface area contributed by atoms with Crippen LogP contribution in [0, 0.1) is 11.3 Å². The van der Waals surface area contributed by atoms with Gasteiger partial charge in [-0.2, -0.15) is 10.4 Å². The van der Waals surface area contributed by atoms with E-state index in [0.29, 0.717) is 24.3 Å². The quantitative estimate of drug-likeness (QED) is 0.400. The number of nitriles is 1. The number of anilines is 2. The molecule has 1 aromatic heterocycles. The first kappa shape index (κ1) is 25.5. The van der Waals surface area contributed by atoms with Gasteiger partial charge in [-0.05, 0) is 47.0 Å². The number of fused-ring (bicyclic) bond motifs is 1. The first-order chi connectivity index (χ1) is 19.6. The highest BCUT2D eigenvalue weighted by Gasteiger charge is 2.32. The van der Waals surface area contributed by atoms with Crippen LogP contribution >= 0.6 is 0 Å². The Morgan fingerprint density at radius 1 is 0.950 bits per heavy atom. The fraction of sp³-hybridized carbons (Fsp3) is 0.226. The number of carbonyl (C=O) groups excluding carboxylic acids is 2. The molecule has 200 valence electrons. The number of carbonyl (C=O) groups is 2. The molecule has 1 N–H and O–H groups in total. The smallest absolute Gasteiger partial charge is 0.277 e. The maximum atomic E-state index is 13.5. The van der Waals surface area contributed by atoms with E-state index in [0.717, 1.165) is 49.7 Å². The lowest BCUT2D eigenvalue weighted by atomic mass is 10.0. The van der Waals surface area contributed by atoms with Crippen LogP contribution in [0.1, 0.15) is 32.0 Å². The number of nitrogens with one attached hydrogen (secondary N) is 1. The maximum Gasteiger partial charge on any atom is 0.277 e. The molecule has 6 rings (SSSR count). The summed E-state index contributed by atoms with van der Waals surface area (Å²) in [5, 5.41) is 16.2. The van der Waals surface area contributed by atoms with E-state index in [-0.39, 0.29) is 17.2 Å². The van der Waals surface area contributed by atoms with E-state index in [1.807, 2.05) is 24.3 Å². The molecule has 40 heavy (non-hydrogen) atoms. The van der Waals surface area contributed by atoms with Crippen molar-refractivity contribution in [2.75, 3.05) is 43.1 Å². The van der Waals surface area contributed by atoms with Gasteiger partial charge in [0.05, 0.1) is 43.2 Å². The molecule has 2 amide bonds. The molecular formula is C31H28N6O3. The normalized spacial score (nSPS) is 15.4. The van der Waals surface area contributed by atoms with Gasteiger partial charge in [0.15, 0.2) is 0 Å². The molecule has 4 aromatic rings. The Morgan fingerprint density at radius 3 is 2.40 bits per heavy atom. The van der Waals surface area contributed by atoms with Crippen molar-refractivity contribution in [1.29, 1.82) is 5.26 Å². The third kappa shape index (κ3) is 5.23. The Balaban J connectivity index is 1.16. The van der Waals surface area contributed by atoms with Crippen LogP contribution in [0.5, 0.6) is 0 Å². The number of aromatic nitrogens is 2. The van der Waals surface area contributed by atoms with Gasteiger partial charge in [-0.15, -0.1) is 0 Å². The Bertz CT molecular complexity index is 1580. The van der Waals surface area contributed by atoms with Gasteiger partial charge in [0, 0.05) is 37.6 Å². The van der Waals surface area contributed by atoms with Crippen LogP contribution in [0.25, 0.3) is 11.1 Å². The standard InChI is InChI=1S/C31H28N6O3/c32-19-23-2-1-3-26(18-23)34-30(38)28-20-33-37-13-12-36(31(39)29(28)37)27-10-8-25(9-11-27)24-6-4-22(5-7-24)21-35-14-16-40-17-15-35/h1-11,18,20H,12-17,21H2,(H,34,38). The third-order valence-electron chi connectivity index (χ3n) is 7.29. The lowest BCUT2D eigenvalue weighted by Crippen LogP contribution is -2.41. The summed E-state index contributed by atoms with van der Waals surface area (Å²) in [6.45, 7) is 5.35. The van der Waals surface area contributed by atoms with Crippen molar-refractivity contribution < 1.29 is 14.3 Å². The summed E-state index contributed by atoms with van der Waals surface area (Å²) < 4.78 is 7.01. The highest BCUT2D eigenvalue weighted by molar-refractivity contribution is 6.15. The molecule has 0 spiro atoms. The number of hydrogen-bond acceptors (Lipinski definition) is 6. The van der Waals surface area contributed by atoms with Gasteiger partial charge in [0.2, 0.25) is 0 Å². The van der Waals surface area contributed by atoms with Gasteiger partial charge in [-0.3, -0.25) is 19.2 Å². The van der Waals surface area contributed by atoms with Gasteiger partial charge in [-0.1, -0.05) is 42.5 Å². The Morgan fingerprint density at radius 2 is 1.68 bits per heavy atom. The molecule has 1 fully saturated rings. The SMILES string of the molecule is N#Cc1cccc(NC(=O)c2cnn3c2C(=O)N(c2ccc(-c4ccc(CN5CCOCC5)cc4)cc2)CC3)c1. The number of amides is 2. The molecule has 3 heterocycles. The van der Waals surface area contributed by atoms with Crippen molar-refractivity contribution in [2.24, 2.45) is 0 Å².